The van der Waals surface area contributed by atoms with E-state index in [0.29, 0.717) is 10.2 Å². The van der Waals surface area contributed by atoms with Gasteiger partial charge in [0, 0.05) is 23.1 Å². The van der Waals surface area contributed by atoms with Crippen LogP contribution in [0.2, 0.25) is 0 Å². The lowest BCUT2D eigenvalue weighted by atomic mass is 10.1. The van der Waals surface area contributed by atoms with E-state index in [1.807, 2.05) is 24.3 Å². The van der Waals surface area contributed by atoms with Gasteiger partial charge in [0.15, 0.2) is 0 Å². The number of amides is 1. The minimum atomic E-state index is -3.62. The van der Waals surface area contributed by atoms with E-state index >= 15 is 0 Å². The van der Waals surface area contributed by atoms with Crippen LogP contribution in [0.3, 0.4) is 0 Å². The maximum absolute atomic E-state index is 12.1. The Morgan fingerprint density at radius 3 is 2.46 bits per heavy atom. The number of hydrogen-bond donors (Lipinski definition) is 2. The normalized spacial score (nSPS) is 11.2. The molecule has 0 saturated heterocycles. The molecule has 2 rings (SSSR count). The van der Waals surface area contributed by atoms with Gasteiger partial charge in [0.25, 0.3) is 0 Å². The van der Waals surface area contributed by atoms with Crippen molar-refractivity contribution in [2.24, 2.45) is 0 Å². The Balaban J connectivity index is 1.85. The lowest BCUT2D eigenvalue weighted by molar-refractivity contribution is -0.116. The van der Waals surface area contributed by atoms with Crippen molar-refractivity contribution in [3.05, 3.63) is 58.6 Å². The van der Waals surface area contributed by atoms with Crippen molar-refractivity contribution in [2.75, 3.05) is 11.9 Å². The van der Waals surface area contributed by atoms with Crippen LogP contribution in [0.5, 0.6) is 0 Å². The van der Waals surface area contributed by atoms with Gasteiger partial charge in [-0.15, -0.1) is 0 Å². The number of aryl methyl sites for hydroxylation is 1. The average Bonchev–Trinajstić information content (AvgIpc) is 2.55. The van der Waals surface area contributed by atoms with E-state index < -0.39 is 10.0 Å². The van der Waals surface area contributed by atoms with E-state index in [-0.39, 0.29) is 23.8 Å². The SMILES string of the molecule is CCc1ccc(NC(=O)CCNS(=O)(=O)c2cccc(Br)c2)cc1. The zero-order chi connectivity index (χ0) is 17.6. The molecule has 0 heterocycles. The highest BCUT2D eigenvalue weighted by Crippen LogP contribution is 2.16. The van der Waals surface area contributed by atoms with Gasteiger partial charge in [-0.3, -0.25) is 4.79 Å². The predicted octanol–water partition coefficient (Wildman–Crippen LogP) is 3.32. The number of anilines is 1. The number of halogens is 1. The monoisotopic (exact) mass is 410 g/mol. The van der Waals surface area contributed by atoms with Gasteiger partial charge in [-0.2, -0.15) is 0 Å². The lowest BCUT2D eigenvalue weighted by Crippen LogP contribution is -2.27. The fourth-order valence-corrected chi connectivity index (χ4v) is 3.69. The van der Waals surface area contributed by atoms with E-state index in [2.05, 4.69) is 32.9 Å². The van der Waals surface area contributed by atoms with E-state index in [0.717, 1.165) is 6.42 Å². The molecule has 2 N–H and O–H groups in total. The molecule has 0 aliphatic carbocycles. The Bertz CT molecular complexity index is 805. The molecule has 0 unspecified atom stereocenters. The molecule has 7 heteroatoms. The first-order valence-corrected chi connectivity index (χ1v) is 9.82. The molecule has 1 amide bonds. The van der Waals surface area contributed by atoms with Crippen LogP contribution in [0.25, 0.3) is 0 Å². The first-order chi connectivity index (χ1) is 11.4. The molecule has 0 fully saturated rings. The number of hydrogen-bond acceptors (Lipinski definition) is 3. The van der Waals surface area contributed by atoms with Crippen LogP contribution in [0.4, 0.5) is 5.69 Å². The van der Waals surface area contributed by atoms with E-state index in [1.165, 1.54) is 17.7 Å². The Hall–Kier alpha value is -1.70. The van der Waals surface area contributed by atoms with Gasteiger partial charge in [-0.05, 0) is 42.3 Å². The predicted molar refractivity (Wildman–Crippen MR) is 98.4 cm³/mol. The minimum absolute atomic E-state index is 0.0354. The second kappa shape index (κ2) is 8.41. The molecule has 2 aromatic rings. The maximum atomic E-state index is 12.1. The first kappa shape index (κ1) is 18.6. The van der Waals surface area contributed by atoms with Crippen LogP contribution >= 0.6 is 15.9 Å². The van der Waals surface area contributed by atoms with Crippen LogP contribution in [0, 0.1) is 0 Å². The Labute approximate surface area is 150 Å². The maximum Gasteiger partial charge on any atom is 0.240 e. The molecule has 0 bridgehead atoms. The van der Waals surface area contributed by atoms with Crippen LogP contribution in [-0.4, -0.2) is 20.9 Å². The molecule has 0 aliphatic heterocycles. The van der Waals surface area contributed by atoms with E-state index in [9.17, 15) is 13.2 Å². The molecular weight excluding hydrogens is 392 g/mol. The summed E-state index contributed by atoms with van der Waals surface area (Å²) in [5, 5.41) is 2.75. The molecule has 0 atom stereocenters. The molecule has 128 valence electrons. The summed E-state index contributed by atoms with van der Waals surface area (Å²) < 4.78 is 27.4. The molecule has 0 aliphatic rings. The molecular formula is C17H19BrN2O3S. The third-order valence-electron chi connectivity index (χ3n) is 3.40. The number of carbonyl (C=O) groups is 1. The van der Waals surface area contributed by atoms with Gasteiger partial charge < -0.3 is 5.32 Å². The summed E-state index contributed by atoms with van der Waals surface area (Å²) in [6.45, 7) is 2.10. The topological polar surface area (TPSA) is 75.3 Å². The zero-order valence-corrected chi connectivity index (χ0v) is 15.7. The Morgan fingerprint density at radius 2 is 1.83 bits per heavy atom. The molecule has 0 spiro atoms. The molecule has 5 nitrogen and oxygen atoms in total. The fraction of sp³-hybridized carbons (Fsp3) is 0.235. The highest BCUT2D eigenvalue weighted by molar-refractivity contribution is 9.10. The second-order valence-electron chi connectivity index (χ2n) is 5.20. The number of nitrogens with one attached hydrogen (secondary N) is 2. The lowest BCUT2D eigenvalue weighted by Gasteiger charge is -2.08. The second-order valence-corrected chi connectivity index (χ2v) is 7.89. The number of rotatable bonds is 7. The van der Waals surface area contributed by atoms with Crippen LogP contribution in [-0.2, 0) is 21.2 Å². The van der Waals surface area contributed by atoms with Crippen molar-refractivity contribution >= 4 is 37.5 Å². The standard InChI is InChI=1S/C17H19BrN2O3S/c1-2-13-6-8-15(9-7-13)20-17(21)10-11-19-24(22,23)16-5-3-4-14(18)12-16/h3-9,12,19H,2,10-11H2,1H3,(H,20,21). The van der Waals surface area contributed by atoms with E-state index in [4.69, 9.17) is 0 Å². The summed E-state index contributed by atoms with van der Waals surface area (Å²) in [6.07, 6.45) is 0.994. The van der Waals surface area contributed by atoms with Crippen molar-refractivity contribution in [1.82, 2.24) is 4.72 Å². The Morgan fingerprint density at radius 1 is 1.12 bits per heavy atom. The van der Waals surface area contributed by atoms with Crippen LogP contribution in [0.1, 0.15) is 18.9 Å². The summed E-state index contributed by atoms with van der Waals surface area (Å²) in [5.74, 6) is -0.240. The van der Waals surface area contributed by atoms with Crippen LogP contribution in [0.15, 0.2) is 57.9 Å². The van der Waals surface area contributed by atoms with Crippen LogP contribution < -0.4 is 10.0 Å². The Kier molecular flexibility index (Phi) is 6.53. The van der Waals surface area contributed by atoms with Gasteiger partial charge in [0.2, 0.25) is 15.9 Å². The van der Waals surface area contributed by atoms with Crippen molar-refractivity contribution in [3.63, 3.8) is 0 Å². The molecule has 0 aromatic heterocycles. The first-order valence-electron chi connectivity index (χ1n) is 7.55. The zero-order valence-electron chi connectivity index (χ0n) is 13.3. The largest absolute Gasteiger partial charge is 0.326 e. The number of carbonyl (C=O) groups excluding carboxylic acids is 1. The smallest absolute Gasteiger partial charge is 0.240 e. The van der Waals surface area contributed by atoms with Crippen molar-refractivity contribution < 1.29 is 13.2 Å². The number of benzene rings is 2. The van der Waals surface area contributed by atoms with Gasteiger partial charge >= 0.3 is 0 Å². The summed E-state index contributed by atoms with van der Waals surface area (Å²) in [6, 6.07) is 14.0. The van der Waals surface area contributed by atoms with Crippen molar-refractivity contribution in [3.8, 4) is 0 Å². The van der Waals surface area contributed by atoms with Crippen molar-refractivity contribution in [1.29, 1.82) is 0 Å². The highest BCUT2D eigenvalue weighted by Gasteiger charge is 2.14. The summed E-state index contributed by atoms with van der Waals surface area (Å²) in [7, 11) is -3.62. The van der Waals surface area contributed by atoms with Gasteiger partial charge in [-0.25, -0.2) is 13.1 Å². The van der Waals surface area contributed by atoms with Gasteiger partial charge in [-0.1, -0.05) is 41.1 Å². The molecule has 24 heavy (non-hydrogen) atoms. The average molecular weight is 411 g/mol. The quantitative estimate of drug-likeness (QED) is 0.734. The van der Waals surface area contributed by atoms with Gasteiger partial charge in [0.05, 0.1) is 4.90 Å². The van der Waals surface area contributed by atoms with Gasteiger partial charge in [0.1, 0.15) is 0 Å². The number of sulfonamides is 1. The third kappa shape index (κ3) is 5.43. The summed E-state index contributed by atoms with van der Waals surface area (Å²) >= 11 is 3.24. The molecule has 0 saturated carbocycles. The third-order valence-corrected chi connectivity index (χ3v) is 5.35. The molecule has 2 aromatic carbocycles. The molecule has 0 radical (unpaired) electrons. The van der Waals surface area contributed by atoms with Crippen molar-refractivity contribution in [2.45, 2.75) is 24.7 Å². The minimum Gasteiger partial charge on any atom is -0.326 e. The summed E-state index contributed by atoms with van der Waals surface area (Å²) in [4.78, 5) is 12.0. The summed E-state index contributed by atoms with van der Waals surface area (Å²) in [5.41, 5.74) is 1.89. The highest BCUT2D eigenvalue weighted by atomic mass is 79.9. The van der Waals surface area contributed by atoms with E-state index in [1.54, 1.807) is 12.1 Å². The fourth-order valence-electron chi connectivity index (χ4n) is 2.06.